The summed E-state index contributed by atoms with van der Waals surface area (Å²) in [7, 11) is 0. The minimum Gasteiger partial charge on any atom is -0.384 e. The number of benzene rings is 1. The van der Waals surface area contributed by atoms with Crippen LogP contribution in [0, 0.1) is 18.8 Å². The Kier molecular flexibility index (Phi) is 5.41. The molecule has 0 spiro atoms. The predicted molar refractivity (Wildman–Crippen MR) is 68.2 cm³/mol. The quantitative estimate of drug-likeness (QED) is 0.728. The van der Waals surface area contributed by atoms with Gasteiger partial charge in [-0.05, 0) is 24.6 Å². The molecular weight excluding hydrogens is 273 g/mol. The summed E-state index contributed by atoms with van der Waals surface area (Å²) in [4.78, 5) is 11.4. The number of hydrogen-bond donors (Lipinski definition) is 3. The highest BCUT2D eigenvalue weighted by Crippen LogP contribution is 2.17. The molecule has 0 radical (unpaired) electrons. The van der Waals surface area contributed by atoms with E-state index in [9.17, 15) is 18.0 Å². The molecule has 0 bridgehead atoms. The first kappa shape index (κ1) is 15.9. The molecule has 0 aliphatic rings. The molecule has 1 aromatic rings. The first-order valence-corrected chi connectivity index (χ1v) is 5.64. The fourth-order valence-corrected chi connectivity index (χ4v) is 1.35. The topological polar surface area (TPSA) is 61.4 Å². The van der Waals surface area contributed by atoms with Gasteiger partial charge in [-0.1, -0.05) is 17.9 Å². The van der Waals surface area contributed by atoms with Gasteiger partial charge in [0.05, 0.1) is 5.69 Å². The third-order valence-corrected chi connectivity index (χ3v) is 2.17. The van der Waals surface area contributed by atoms with Crippen LogP contribution in [0.25, 0.3) is 0 Å². The number of carbonyl (C=O) groups excluding carboxylic acids is 1. The van der Waals surface area contributed by atoms with Crippen molar-refractivity contribution in [2.24, 2.45) is 0 Å². The van der Waals surface area contributed by atoms with Gasteiger partial charge >= 0.3 is 12.2 Å². The lowest BCUT2D eigenvalue weighted by Crippen LogP contribution is -2.36. The number of aryl methyl sites for hydroxylation is 1. The maximum absolute atomic E-state index is 12.0. The van der Waals surface area contributed by atoms with Crippen LogP contribution in [-0.4, -0.2) is 30.5 Å². The molecule has 108 valence electrons. The second-order valence-electron chi connectivity index (χ2n) is 3.93. The summed E-state index contributed by atoms with van der Waals surface area (Å²) < 4.78 is 35.9. The first-order chi connectivity index (χ1) is 9.31. The number of urea groups is 1. The normalized spacial score (nSPS) is 10.4. The lowest BCUT2D eigenvalue weighted by atomic mass is 10.1. The van der Waals surface area contributed by atoms with Crippen molar-refractivity contribution < 1.29 is 23.1 Å². The average molecular weight is 286 g/mol. The van der Waals surface area contributed by atoms with E-state index in [0.717, 1.165) is 5.56 Å². The minimum absolute atomic E-state index is 0.283. The van der Waals surface area contributed by atoms with Crippen molar-refractivity contribution in [2.75, 3.05) is 18.5 Å². The van der Waals surface area contributed by atoms with Gasteiger partial charge in [0.1, 0.15) is 13.2 Å². The van der Waals surface area contributed by atoms with Crippen molar-refractivity contribution in [1.82, 2.24) is 5.32 Å². The van der Waals surface area contributed by atoms with E-state index in [1.165, 1.54) is 0 Å². The van der Waals surface area contributed by atoms with Crippen molar-refractivity contribution in [3.63, 3.8) is 0 Å². The molecule has 0 aliphatic carbocycles. The standard InChI is InChI=1S/C13H13F3N2O2/c1-9-4-5-10(3-2-6-19)11(7-9)18-12(20)17-8-13(14,15)16/h4-5,7,19H,6,8H2,1H3,(H2,17,18,20). The molecule has 1 rings (SSSR count). The van der Waals surface area contributed by atoms with Crippen LogP contribution in [0.4, 0.5) is 23.7 Å². The van der Waals surface area contributed by atoms with E-state index in [1.54, 1.807) is 30.4 Å². The Balaban J connectivity index is 2.80. The number of aliphatic hydroxyl groups is 1. The number of carbonyl (C=O) groups is 1. The van der Waals surface area contributed by atoms with Crippen LogP contribution in [0.2, 0.25) is 0 Å². The summed E-state index contributed by atoms with van der Waals surface area (Å²) in [5, 5.41) is 12.6. The molecular formula is C13H13F3N2O2. The number of alkyl halides is 3. The predicted octanol–water partition coefficient (Wildman–Crippen LogP) is 2.02. The van der Waals surface area contributed by atoms with Crippen molar-refractivity contribution in [2.45, 2.75) is 13.1 Å². The van der Waals surface area contributed by atoms with E-state index in [-0.39, 0.29) is 12.3 Å². The van der Waals surface area contributed by atoms with E-state index >= 15 is 0 Å². The van der Waals surface area contributed by atoms with Crippen molar-refractivity contribution >= 4 is 11.7 Å². The number of halogens is 3. The Hall–Kier alpha value is -2.20. The molecule has 0 fully saturated rings. The molecule has 0 atom stereocenters. The van der Waals surface area contributed by atoms with E-state index < -0.39 is 18.8 Å². The van der Waals surface area contributed by atoms with Gasteiger partial charge in [-0.2, -0.15) is 13.2 Å². The highest BCUT2D eigenvalue weighted by Gasteiger charge is 2.27. The van der Waals surface area contributed by atoms with Gasteiger partial charge < -0.3 is 15.7 Å². The van der Waals surface area contributed by atoms with Crippen LogP contribution in [0.3, 0.4) is 0 Å². The summed E-state index contributed by atoms with van der Waals surface area (Å²) >= 11 is 0. The molecule has 0 saturated heterocycles. The molecule has 2 amide bonds. The van der Waals surface area contributed by atoms with Crippen LogP contribution in [0.5, 0.6) is 0 Å². The molecule has 0 saturated carbocycles. The Morgan fingerprint density at radius 2 is 2.10 bits per heavy atom. The molecule has 20 heavy (non-hydrogen) atoms. The van der Waals surface area contributed by atoms with Gasteiger partial charge in [0, 0.05) is 5.56 Å². The zero-order chi connectivity index (χ0) is 15.2. The Morgan fingerprint density at radius 1 is 1.40 bits per heavy atom. The molecule has 1 aromatic carbocycles. The summed E-state index contributed by atoms with van der Waals surface area (Å²) in [6.07, 6.45) is -4.47. The largest absolute Gasteiger partial charge is 0.405 e. The molecule has 0 heterocycles. The zero-order valence-electron chi connectivity index (χ0n) is 10.6. The summed E-state index contributed by atoms with van der Waals surface area (Å²) in [6.45, 7) is -0.00205. The molecule has 0 aromatic heterocycles. The van der Waals surface area contributed by atoms with Gasteiger partial charge in [0.25, 0.3) is 0 Å². The highest BCUT2D eigenvalue weighted by molar-refractivity contribution is 5.91. The third kappa shape index (κ3) is 5.63. The molecule has 3 N–H and O–H groups in total. The highest BCUT2D eigenvalue weighted by atomic mass is 19.4. The molecule has 4 nitrogen and oxygen atoms in total. The summed E-state index contributed by atoms with van der Waals surface area (Å²) in [5.74, 6) is 5.01. The van der Waals surface area contributed by atoms with Gasteiger partial charge in [-0.3, -0.25) is 0 Å². The van der Waals surface area contributed by atoms with Gasteiger partial charge in [0.15, 0.2) is 0 Å². The monoisotopic (exact) mass is 286 g/mol. The van der Waals surface area contributed by atoms with Crippen molar-refractivity contribution in [3.05, 3.63) is 29.3 Å². The summed E-state index contributed by atoms with van der Waals surface area (Å²) in [6, 6.07) is 3.95. The van der Waals surface area contributed by atoms with Crippen LogP contribution in [0.15, 0.2) is 18.2 Å². The van der Waals surface area contributed by atoms with E-state index in [2.05, 4.69) is 17.2 Å². The number of nitrogens with one attached hydrogen (secondary N) is 2. The van der Waals surface area contributed by atoms with Crippen LogP contribution >= 0.6 is 0 Å². The maximum atomic E-state index is 12.0. The first-order valence-electron chi connectivity index (χ1n) is 5.64. The van der Waals surface area contributed by atoms with Gasteiger partial charge in [-0.25, -0.2) is 4.79 Å². The lowest BCUT2D eigenvalue weighted by molar-refractivity contribution is -0.122. The zero-order valence-corrected chi connectivity index (χ0v) is 10.6. The Bertz CT molecular complexity index is 545. The number of aliphatic hydroxyl groups excluding tert-OH is 1. The SMILES string of the molecule is Cc1ccc(C#CCO)c(NC(=O)NCC(F)(F)F)c1. The molecule has 0 aliphatic heterocycles. The van der Waals surface area contributed by atoms with Crippen LogP contribution < -0.4 is 10.6 Å². The van der Waals surface area contributed by atoms with Crippen LogP contribution in [0.1, 0.15) is 11.1 Å². The fraction of sp³-hybridized carbons (Fsp3) is 0.308. The molecule has 7 heteroatoms. The maximum Gasteiger partial charge on any atom is 0.405 e. The number of rotatable bonds is 2. The summed E-state index contributed by atoms with van der Waals surface area (Å²) in [5.41, 5.74) is 1.50. The minimum atomic E-state index is -4.47. The molecule has 0 unspecified atom stereocenters. The lowest BCUT2D eigenvalue weighted by Gasteiger charge is -2.11. The smallest absolute Gasteiger partial charge is 0.384 e. The van der Waals surface area contributed by atoms with Crippen molar-refractivity contribution in [3.8, 4) is 11.8 Å². The van der Waals surface area contributed by atoms with Crippen LogP contribution in [-0.2, 0) is 0 Å². The number of anilines is 1. The van der Waals surface area contributed by atoms with E-state index in [1.807, 2.05) is 0 Å². The average Bonchev–Trinajstić information content (AvgIpc) is 2.35. The van der Waals surface area contributed by atoms with E-state index in [0.29, 0.717) is 5.56 Å². The van der Waals surface area contributed by atoms with Crippen molar-refractivity contribution in [1.29, 1.82) is 0 Å². The number of hydrogen-bond acceptors (Lipinski definition) is 2. The Labute approximate surface area is 114 Å². The van der Waals surface area contributed by atoms with Gasteiger partial charge in [-0.15, -0.1) is 0 Å². The number of amides is 2. The van der Waals surface area contributed by atoms with Gasteiger partial charge in [0.2, 0.25) is 0 Å². The second-order valence-corrected chi connectivity index (χ2v) is 3.93. The Morgan fingerprint density at radius 3 is 2.70 bits per heavy atom. The second kappa shape index (κ2) is 6.82. The fourth-order valence-electron chi connectivity index (χ4n) is 1.35. The third-order valence-electron chi connectivity index (χ3n) is 2.17. The van der Waals surface area contributed by atoms with E-state index in [4.69, 9.17) is 5.11 Å².